The SMILES string of the molecule is Cc1nc2ccc(Br)cc2c(NCc2ccc(-n3ccnc3)nc2)c1C. The molecule has 0 aliphatic carbocycles. The molecule has 26 heavy (non-hydrogen) atoms. The second kappa shape index (κ2) is 6.88. The first-order valence-corrected chi connectivity index (χ1v) is 9.15. The van der Waals surface area contributed by atoms with Gasteiger partial charge in [0.25, 0.3) is 0 Å². The van der Waals surface area contributed by atoms with Crippen LogP contribution in [0.4, 0.5) is 5.69 Å². The number of nitrogens with one attached hydrogen (secondary N) is 1. The van der Waals surface area contributed by atoms with Gasteiger partial charge in [0.1, 0.15) is 12.1 Å². The Kier molecular flexibility index (Phi) is 4.42. The molecular formula is C20H18BrN5. The number of aryl methyl sites for hydroxylation is 1. The lowest BCUT2D eigenvalue weighted by Gasteiger charge is -2.15. The fourth-order valence-electron chi connectivity index (χ4n) is 2.94. The molecule has 0 saturated heterocycles. The van der Waals surface area contributed by atoms with E-state index in [-0.39, 0.29) is 0 Å². The highest BCUT2D eigenvalue weighted by atomic mass is 79.9. The van der Waals surface area contributed by atoms with E-state index in [1.807, 2.05) is 42.1 Å². The van der Waals surface area contributed by atoms with Gasteiger partial charge in [-0.05, 0) is 49.2 Å². The van der Waals surface area contributed by atoms with Gasteiger partial charge in [-0.1, -0.05) is 22.0 Å². The molecule has 0 aliphatic heterocycles. The topological polar surface area (TPSA) is 55.6 Å². The number of halogens is 1. The Morgan fingerprint density at radius 2 is 2.04 bits per heavy atom. The third kappa shape index (κ3) is 3.20. The van der Waals surface area contributed by atoms with E-state index in [1.165, 1.54) is 5.56 Å². The van der Waals surface area contributed by atoms with Gasteiger partial charge in [-0.25, -0.2) is 9.97 Å². The molecule has 0 radical (unpaired) electrons. The van der Waals surface area contributed by atoms with Gasteiger partial charge in [0.15, 0.2) is 0 Å². The average Bonchev–Trinajstić information content (AvgIpc) is 3.18. The first-order chi connectivity index (χ1) is 12.6. The summed E-state index contributed by atoms with van der Waals surface area (Å²) >= 11 is 3.56. The van der Waals surface area contributed by atoms with Crippen molar-refractivity contribution >= 4 is 32.5 Å². The predicted octanol–water partition coefficient (Wildman–Crippen LogP) is 4.81. The molecule has 0 aliphatic rings. The molecule has 0 bridgehead atoms. The normalized spacial score (nSPS) is 11.0. The summed E-state index contributed by atoms with van der Waals surface area (Å²) in [4.78, 5) is 13.3. The molecule has 4 aromatic rings. The Hall–Kier alpha value is -2.73. The molecule has 1 N–H and O–H groups in total. The first kappa shape index (κ1) is 16.7. The van der Waals surface area contributed by atoms with E-state index >= 15 is 0 Å². The summed E-state index contributed by atoms with van der Waals surface area (Å²) in [7, 11) is 0. The van der Waals surface area contributed by atoms with Crippen LogP contribution >= 0.6 is 15.9 Å². The molecule has 0 unspecified atom stereocenters. The van der Waals surface area contributed by atoms with Crippen molar-refractivity contribution in [1.82, 2.24) is 19.5 Å². The number of rotatable bonds is 4. The number of hydrogen-bond acceptors (Lipinski definition) is 4. The van der Waals surface area contributed by atoms with Crippen LogP contribution in [0.2, 0.25) is 0 Å². The average molecular weight is 408 g/mol. The maximum absolute atomic E-state index is 4.69. The van der Waals surface area contributed by atoms with Gasteiger partial charge < -0.3 is 5.32 Å². The Morgan fingerprint density at radius 3 is 2.77 bits per heavy atom. The third-order valence-electron chi connectivity index (χ3n) is 4.48. The summed E-state index contributed by atoms with van der Waals surface area (Å²) in [5.41, 5.74) is 5.43. The number of imidazole rings is 1. The molecule has 0 fully saturated rings. The van der Waals surface area contributed by atoms with E-state index in [9.17, 15) is 0 Å². The summed E-state index contributed by atoms with van der Waals surface area (Å²) in [6, 6.07) is 10.2. The van der Waals surface area contributed by atoms with E-state index in [1.54, 1.807) is 12.5 Å². The van der Waals surface area contributed by atoms with Crippen LogP contribution in [0.1, 0.15) is 16.8 Å². The third-order valence-corrected chi connectivity index (χ3v) is 4.97. The van der Waals surface area contributed by atoms with Crippen LogP contribution in [-0.2, 0) is 6.54 Å². The number of anilines is 1. The maximum Gasteiger partial charge on any atom is 0.137 e. The van der Waals surface area contributed by atoms with Crippen LogP contribution in [-0.4, -0.2) is 19.5 Å². The lowest BCUT2D eigenvalue weighted by atomic mass is 10.1. The molecule has 5 nitrogen and oxygen atoms in total. The summed E-state index contributed by atoms with van der Waals surface area (Å²) in [5.74, 6) is 0.858. The predicted molar refractivity (Wildman–Crippen MR) is 108 cm³/mol. The molecule has 0 spiro atoms. The fraction of sp³-hybridized carbons (Fsp3) is 0.150. The van der Waals surface area contributed by atoms with Crippen molar-refractivity contribution in [3.8, 4) is 5.82 Å². The van der Waals surface area contributed by atoms with E-state index in [0.717, 1.165) is 38.1 Å². The highest BCUT2D eigenvalue weighted by molar-refractivity contribution is 9.10. The number of benzene rings is 1. The number of fused-ring (bicyclic) bond motifs is 1. The van der Waals surface area contributed by atoms with Crippen LogP contribution in [0, 0.1) is 13.8 Å². The zero-order valence-electron chi connectivity index (χ0n) is 14.6. The van der Waals surface area contributed by atoms with Crippen molar-refractivity contribution in [1.29, 1.82) is 0 Å². The molecule has 130 valence electrons. The summed E-state index contributed by atoms with van der Waals surface area (Å²) < 4.78 is 2.93. The van der Waals surface area contributed by atoms with Crippen molar-refractivity contribution in [3.05, 3.63) is 76.5 Å². The second-order valence-electron chi connectivity index (χ2n) is 6.21. The smallest absolute Gasteiger partial charge is 0.137 e. The number of aromatic nitrogens is 4. The standard InChI is InChI=1S/C20H18BrN5/c1-13-14(2)25-18-5-4-16(21)9-17(18)20(13)24-11-15-3-6-19(23-10-15)26-8-7-22-12-26/h3-10,12H,11H2,1-2H3,(H,24,25). The first-order valence-electron chi connectivity index (χ1n) is 8.35. The van der Waals surface area contributed by atoms with Gasteiger partial charge >= 0.3 is 0 Å². The minimum absolute atomic E-state index is 0.698. The molecule has 4 rings (SSSR count). The number of nitrogens with zero attached hydrogens (tertiary/aromatic N) is 4. The van der Waals surface area contributed by atoms with Gasteiger partial charge in [-0.3, -0.25) is 9.55 Å². The Morgan fingerprint density at radius 1 is 1.15 bits per heavy atom. The van der Waals surface area contributed by atoms with Crippen molar-refractivity contribution in [2.45, 2.75) is 20.4 Å². The highest BCUT2D eigenvalue weighted by Crippen LogP contribution is 2.30. The second-order valence-corrected chi connectivity index (χ2v) is 7.12. The molecule has 3 aromatic heterocycles. The van der Waals surface area contributed by atoms with Crippen LogP contribution in [0.5, 0.6) is 0 Å². The zero-order valence-corrected chi connectivity index (χ0v) is 16.2. The van der Waals surface area contributed by atoms with E-state index in [0.29, 0.717) is 6.54 Å². The van der Waals surface area contributed by atoms with Gasteiger partial charge in [0.2, 0.25) is 0 Å². The molecule has 1 aromatic carbocycles. The van der Waals surface area contributed by atoms with Crippen molar-refractivity contribution in [3.63, 3.8) is 0 Å². The minimum Gasteiger partial charge on any atom is -0.380 e. The van der Waals surface area contributed by atoms with Gasteiger partial charge in [-0.15, -0.1) is 0 Å². The molecule has 0 amide bonds. The van der Waals surface area contributed by atoms with Gasteiger partial charge in [-0.2, -0.15) is 0 Å². The largest absolute Gasteiger partial charge is 0.380 e. The fourth-order valence-corrected chi connectivity index (χ4v) is 3.30. The van der Waals surface area contributed by atoms with Gasteiger partial charge in [0, 0.05) is 46.4 Å². The molecule has 3 heterocycles. The van der Waals surface area contributed by atoms with E-state index in [2.05, 4.69) is 50.3 Å². The monoisotopic (exact) mass is 407 g/mol. The molecule has 6 heteroatoms. The summed E-state index contributed by atoms with van der Waals surface area (Å²) in [6.07, 6.45) is 7.26. The van der Waals surface area contributed by atoms with Crippen LogP contribution in [0.25, 0.3) is 16.7 Å². The Labute approximate surface area is 160 Å². The quantitative estimate of drug-likeness (QED) is 0.527. The number of pyridine rings is 2. The van der Waals surface area contributed by atoms with Crippen LogP contribution in [0.15, 0.2) is 59.7 Å². The Bertz CT molecular complexity index is 1060. The van der Waals surface area contributed by atoms with Crippen LogP contribution in [0.3, 0.4) is 0 Å². The summed E-state index contributed by atoms with van der Waals surface area (Å²) in [6.45, 7) is 4.85. The molecular weight excluding hydrogens is 390 g/mol. The van der Waals surface area contributed by atoms with E-state index < -0.39 is 0 Å². The molecule has 0 atom stereocenters. The van der Waals surface area contributed by atoms with E-state index in [4.69, 9.17) is 4.98 Å². The summed E-state index contributed by atoms with van der Waals surface area (Å²) in [5, 5.41) is 4.69. The van der Waals surface area contributed by atoms with Crippen LogP contribution < -0.4 is 5.32 Å². The molecule has 0 saturated carbocycles. The van der Waals surface area contributed by atoms with Crippen molar-refractivity contribution in [2.75, 3.05) is 5.32 Å². The lowest BCUT2D eigenvalue weighted by molar-refractivity contribution is 0.978. The zero-order chi connectivity index (χ0) is 18.1. The maximum atomic E-state index is 4.69. The Balaban J connectivity index is 1.61. The van der Waals surface area contributed by atoms with Gasteiger partial charge in [0.05, 0.1) is 5.52 Å². The number of hydrogen-bond donors (Lipinski definition) is 1. The minimum atomic E-state index is 0.698. The lowest BCUT2D eigenvalue weighted by Crippen LogP contribution is -2.05. The van der Waals surface area contributed by atoms with Crippen molar-refractivity contribution in [2.24, 2.45) is 0 Å². The van der Waals surface area contributed by atoms with Crippen molar-refractivity contribution < 1.29 is 0 Å². The highest BCUT2D eigenvalue weighted by Gasteiger charge is 2.10.